The van der Waals surface area contributed by atoms with Crippen LogP contribution >= 0.6 is 0 Å². The Bertz CT molecular complexity index is 1410. The largest absolute Gasteiger partial charge is 0.457 e. The Morgan fingerprint density at radius 3 is 2.45 bits per heavy atom. The molecule has 2 aliphatic heterocycles. The summed E-state index contributed by atoms with van der Waals surface area (Å²) in [5.74, 6) is 3.02. The molecule has 10 nitrogen and oxygen atoms in total. The number of ether oxygens (including phenoxy) is 1. The lowest BCUT2D eigenvalue weighted by Crippen LogP contribution is -2.53. The maximum atomic E-state index is 12.7. The number of fused-ring (bicyclic) bond motifs is 1. The predicted molar refractivity (Wildman–Crippen MR) is 144 cm³/mol. The van der Waals surface area contributed by atoms with Gasteiger partial charge in [0.2, 0.25) is 5.91 Å². The summed E-state index contributed by atoms with van der Waals surface area (Å²) in [6.07, 6.45) is 1.88. The SMILES string of the molecule is Nc1nc(C2CN(C(=O)CN3CCC(CO)CC3)C2)nc2n[nH]c(-c3ccc(Oc4ccccc4)cc3)c12. The first kappa shape index (κ1) is 24.3. The second-order valence-corrected chi connectivity index (χ2v) is 10.1. The van der Waals surface area contributed by atoms with E-state index in [-0.39, 0.29) is 18.4 Å². The van der Waals surface area contributed by atoms with Gasteiger partial charge in [0.25, 0.3) is 0 Å². The molecule has 4 aromatic rings. The number of nitrogens with one attached hydrogen (secondary N) is 1. The van der Waals surface area contributed by atoms with Gasteiger partial charge in [-0.15, -0.1) is 0 Å². The molecule has 0 aliphatic carbocycles. The lowest BCUT2D eigenvalue weighted by Gasteiger charge is -2.40. The molecule has 2 saturated heterocycles. The van der Waals surface area contributed by atoms with Crippen molar-refractivity contribution in [1.29, 1.82) is 0 Å². The number of likely N-dealkylation sites (tertiary alicyclic amines) is 2. The Labute approximate surface area is 220 Å². The first-order chi connectivity index (χ1) is 18.6. The van der Waals surface area contributed by atoms with Crippen molar-refractivity contribution in [3.8, 4) is 22.8 Å². The third-order valence-corrected chi connectivity index (χ3v) is 7.50. The molecular formula is C28H31N7O3. The van der Waals surface area contributed by atoms with Crippen LogP contribution in [-0.4, -0.2) is 80.3 Å². The van der Waals surface area contributed by atoms with Crippen molar-refractivity contribution in [2.24, 2.45) is 5.92 Å². The van der Waals surface area contributed by atoms with Crippen LogP contribution in [0.25, 0.3) is 22.3 Å². The van der Waals surface area contributed by atoms with Gasteiger partial charge in [0.05, 0.1) is 23.5 Å². The van der Waals surface area contributed by atoms with Crippen molar-refractivity contribution < 1.29 is 14.6 Å². The number of aliphatic hydroxyl groups is 1. The van der Waals surface area contributed by atoms with Gasteiger partial charge in [-0.25, -0.2) is 9.97 Å². The van der Waals surface area contributed by atoms with Gasteiger partial charge >= 0.3 is 0 Å². The van der Waals surface area contributed by atoms with Crippen LogP contribution < -0.4 is 10.5 Å². The van der Waals surface area contributed by atoms with Crippen molar-refractivity contribution in [1.82, 2.24) is 30.0 Å². The van der Waals surface area contributed by atoms with Gasteiger partial charge < -0.3 is 20.5 Å². The number of anilines is 1. The smallest absolute Gasteiger partial charge is 0.236 e. The molecular weight excluding hydrogens is 482 g/mol. The van der Waals surface area contributed by atoms with Crippen LogP contribution in [0, 0.1) is 5.92 Å². The lowest BCUT2D eigenvalue weighted by molar-refractivity contribution is -0.137. The predicted octanol–water partition coefficient (Wildman–Crippen LogP) is 3.02. The standard InChI is InChI=1S/C28H31N7O3/c29-26-24-25(19-6-8-22(9-7-19)38-21-4-2-1-3-5-21)32-33-28(24)31-27(30-26)20-14-35(15-20)23(37)16-34-12-10-18(17-36)11-13-34/h1-9,18,20,36H,10-17H2,(H3,29,30,31,32,33). The molecule has 0 radical (unpaired) electrons. The highest BCUT2D eigenvalue weighted by atomic mass is 16.5. The number of para-hydroxylation sites is 1. The molecule has 4 heterocycles. The lowest BCUT2D eigenvalue weighted by atomic mass is 9.97. The minimum atomic E-state index is 0.0420. The molecule has 2 aliphatic rings. The summed E-state index contributed by atoms with van der Waals surface area (Å²) in [4.78, 5) is 26.0. The van der Waals surface area contributed by atoms with E-state index in [9.17, 15) is 9.90 Å². The van der Waals surface area contributed by atoms with Crippen LogP contribution in [0.15, 0.2) is 54.6 Å². The summed E-state index contributed by atoms with van der Waals surface area (Å²) in [7, 11) is 0. The topological polar surface area (TPSA) is 133 Å². The number of piperidine rings is 1. The number of H-pyrrole nitrogens is 1. The monoisotopic (exact) mass is 513 g/mol. The average molecular weight is 514 g/mol. The Morgan fingerprint density at radius 1 is 1.03 bits per heavy atom. The van der Waals surface area contributed by atoms with E-state index >= 15 is 0 Å². The molecule has 2 fully saturated rings. The molecule has 6 rings (SSSR count). The maximum Gasteiger partial charge on any atom is 0.236 e. The molecule has 0 unspecified atom stereocenters. The molecule has 1 amide bonds. The fraction of sp³-hybridized carbons (Fsp3) is 0.357. The van der Waals surface area contributed by atoms with E-state index in [1.54, 1.807) is 0 Å². The fourth-order valence-electron chi connectivity index (χ4n) is 5.14. The first-order valence-corrected chi connectivity index (χ1v) is 13.0. The third-order valence-electron chi connectivity index (χ3n) is 7.50. The molecule has 38 heavy (non-hydrogen) atoms. The van der Waals surface area contributed by atoms with Crippen LogP contribution in [0.2, 0.25) is 0 Å². The number of aliphatic hydroxyl groups excluding tert-OH is 1. The number of carbonyl (C=O) groups excluding carboxylic acids is 1. The van der Waals surface area contributed by atoms with Crippen molar-refractivity contribution in [2.75, 3.05) is 45.1 Å². The zero-order chi connectivity index (χ0) is 26.1. The fourth-order valence-corrected chi connectivity index (χ4v) is 5.14. The number of hydrogen-bond donors (Lipinski definition) is 3. The van der Waals surface area contributed by atoms with E-state index in [4.69, 9.17) is 10.5 Å². The second-order valence-electron chi connectivity index (χ2n) is 10.1. The minimum absolute atomic E-state index is 0.0420. The van der Waals surface area contributed by atoms with E-state index in [0.29, 0.717) is 48.2 Å². The number of benzene rings is 2. The summed E-state index contributed by atoms with van der Waals surface area (Å²) >= 11 is 0. The molecule has 2 aromatic heterocycles. The Kier molecular flexibility index (Phi) is 6.65. The van der Waals surface area contributed by atoms with Gasteiger partial charge in [-0.05, 0) is 68.2 Å². The van der Waals surface area contributed by atoms with Crippen LogP contribution in [0.5, 0.6) is 11.5 Å². The summed E-state index contributed by atoms with van der Waals surface area (Å²) < 4.78 is 5.88. The Hall–Kier alpha value is -4.02. The summed E-state index contributed by atoms with van der Waals surface area (Å²) in [5, 5.41) is 17.5. The molecule has 4 N–H and O–H groups in total. The number of rotatable bonds is 7. The van der Waals surface area contributed by atoms with E-state index < -0.39 is 0 Å². The second kappa shape index (κ2) is 10.4. The van der Waals surface area contributed by atoms with Crippen molar-refractivity contribution >= 4 is 22.8 Å². The number of carbonyl (C=O) groups is 1. The maximum absolute atomic E-state index is 12.7. The molecule has 0 spiro atoms. The first-order valence-electron chi connectivity index (χ1n) is 13.0. The summed E-state index contributed by atoms with van der Waals surface area (Å²) in [5.41, 5.74) is 8.56. The normalized spacial score (nSPS) is 17.0. The number of aromatic amines is 1. The Balaban J connectivity index is 1.10. The zero-order valence-corrected chi connectivity index (χ0v) is 21.1. The van der Waals surface area contributed by atoms with Gasteiger partial charge in [0.15, 0.2) is 5.65 Å². The van der Waals surface area contributed by atoms with Crippen LogP contribution in [0.3, 0.4) is 0 Å². The quantitative estimate of drug-likeness (QED) is 0.343. The summed E-state index contributed by atoms with van der Waals surface area (Å²) in [6.45, 7) is 3.53. The van der Waals surface area contributed by atoms with Crippen LogP contribution in [0.4, 0.5) is 5.82 Å². The van der Waals surface area contributed by atoms with E-state index in [0.717, 1.165) is 48.7 Å². The minimum Gasteiger partial charge on any atom is -0.457 e. The van der Waals surface area contributed by atoms with E-state index in [2.05, 4.69) is 25.1 Å². The third kappa shape index (κ3) is 4.92. The highest BCUT2D eigenvalue weighted by molar-refractivity contribution is 5.98. The van der Waals surface area contributed by atoms with Gasteiger partial charge in [0, 0.05) is 25.3 Å². The van der Waals surface area contributed by atoms with Crippen molar-refractivity contribution in [3.63, 3.8) is 0 Å². The average Bonchev–Trinajstić information content (AvgIpc) is 3.34. The van der Waals surface area contributed by atoms with Crippen LogP contribution in [0.1, 0.15) is 24.6 Å². The number of nitrogen functional groups attached to an aromatic ring is 1. The molecule has 196 valence electrons. The van der Waals surface area contributed by atoms with Crippen molar-refractivity contribution in [2.45, 2.75) is 18.8 Å². The summed E-state index contributed by atoms with van der Waals surface area (Å²) in [6, 6.07) is 17.3. The number of aromatic nitrogens is 4. The number of nitrogens with zero attached hydrogens (tertiary/aromatic N) is 5. The Morgan fingerprint density at radius 2 is 1.74 bits per heavy atom. The highest BCUT2D eigenvalue weighted by Gasteiger charge is 2.35. The van der Waals surface area contributed by atoms with E-state index in [1.165, 1.54) is 0 Å². The van der Waals surface area contributed by atoms with Gasteiger partial charge in [0.1, 0.15) is 23.1 Å². The molecule has 0 bridgehead atoms. The van der Waals surface area contributed by atoms with Crippen LogP contribution in [-0.2, 0) is 4.79 Å². The molecule has 10 heteroatoms. The van der Waals surface area contributed by atoms with Crippen molar-refractivity contribution in [3.05, 3.63) is 60.4 Å². The highest BCUT2D eigenvalue weighted by Crippen LogP contribution is 2.33. The van der Waals surface area contributed by atoms with Gasteiger partial charge in [-0.3, -0.25) is 14.8 Å². The molecule has 2 aromatic carbocycles. The number of hydrogen-bond acceptors (Lipinski definition) is 8. The van der Waals surface area contributed by atoms with E-state index in [1.807, 2.05) is 59.5 Å². The number of nitrogens with two attached hydrogens (primary N) is 1. The zero-order valence-electron chi connectivity index (χ0n) is 21.1. The van der Waals surface area contributed by atoms with Gasteiger partial charge in [-0.2, -0.15) is 5.10 Å². The molecule has 0 saturated carbocycles. The van der Waals surface area contributed by atoms with Gasteiger partial charge in [-0.1, -0.05) is 18.2 Å². The molecule has 0 atom stereocenters. The number of amides is 1.